The number of rotatable bonds is 0. The summed E-state index contributed by atoms with van der Waals surface area (Å²) in [5.74, 6) is 0.160. The second kappa shape index (κ2) is 2.28. The molecular formula is C7H6ClO. The highest BCUT2D eigenvalue weighted by molar-refractivity contribution is 6.30. The number of benzene rings is 1. The van der Waals surface area contributed by atoms with Crippen LogP contribution in [-0.2, 0) is 0 Å². The van der Waals surface area contributed by atoms with Crippen molar-refractivity contribution in [2.24, 2.45) is 0 Å². The molecule has 1 radical (unpaired) electrons. The quantitative estimate of drug-likeness (QED) is 0.588. The first-order chi connectivity index (χ1) is 4.18. The first kappa shape index (κ1) is 6.43. The Morgan fingerprint density at radius 2 is 2.00 bits per heavy atom. The van der Waals surface area contributed by atoms with Crippen molar-refractivity contribution < 1.29 is 5.11 Å². The van der Waals surface area contributed by atoms with Crippen molar-refractivity contribution in [2.45, 2.75) is 0 Å². The van der Waals surface area contributed by atoms with Crippen LogP contribution in [0.3, 0.4) is 0 Å². The van der Waals surface area contributed by atoms with Gasteiger partial charge in [-0.2, -0.15) is 0 Å². The zero-order valence-corrected chi connectivity index (χ0v) is 5.52. The van der Waals surface area contributed by atoms with Gasteiger partial charge in [0.15, 0.2) is 0 Å². The molecule has 0 fully saturated rings. The third-order valence-electron chi connectivity index (χ3n) is 0.942. The van der Waals surface area contributed by atoms with Gasteiger partial charge in [-0.15, -0.1) is 0 Å². The van der Waals surface area contributed by atoms with Gasteiger partial charge in [0.05, 0.1) is 0 Å². The zero-order chi connectivity index (χ0) is 6.85. The van der Waals surface area contributed by atoms with Crippen LogP contribution >= 0.6 is 11.6 Å². The van der Waals surface area contributed by atoms with E-state index in [-0.39, 0.29) is 5.75 Å². The number of halogens is 1. The van der Waals surface area contributed by atoms with Gasteiger partial charge < -0.3 is 5.11 Å². The molecule has 47 valence electrons. The minimum atomic E-state index is 0.160. The van der Waals surface area contributed by atoms with Gasteiger partial charge in [0.25, 0.3) is 0 Å². The van der Waals surface area contributed by atoms with Crippen molar-refractivity contribution in [3.05, 3.63) is 35.7 Å². The van der Waals surface area contributed by atoms with Crippen LogP contribution in [0.1, 0.15) is 5.56 Å². The van der Waals surface area contributed by atoms with Gasteiger partial charge in [-0.05, 0) is 30.7 Å². The smallest absolute Gasteiger partial charge is 0.117 e. The molecule has 0 aliphatic carbocycles. The molecule has 1 aromatic rings. The van der Waals surface area contributed by atoms with Crippen LogP contribution in [0.2, 0.25) is 5.02 Å². The Bertz CT molecular complexity index is 170. The SMILES string of the molecule is [CH2]c1cc(O)cc(Cl)c1. The van der Waals surface area contributed by atoms with Crippen LogP contribution in [0.4, 0.5) is 0 Å². The maximum absolute atomic E-state index is 8.87. The molecule has 0 aliphatic rings. The molecular weight excluding hydrogens is 136 g/mol. The van der Waals surface area contributed by atoms with Gasteiger partial charge in [0.2, 0.25) is 0 Å². The second-order valence-corrected chi connectivity index (χ2v) is 2.25. The normalized spacial score (nSPS) is 9.56. The third-order valence-corrected chi connectivity index (χ3v) is 1.16. The molecule has 0 saturated carbocycles. The standard InChI is InChI=1S/C7H6ClO/c1-5-2-6(8)4-7(9)3-5/h2-4,9H,1H2. The van der Waals surface area contributed by atoms with Crippen LogP contribution in [-0.4, -0.2) is 5.11 Å². The molecule has 0 aliphatic heterocycles. The fourth-order valence-corrected chi connectivity index (χ4v) is 0.885. The summed E-state index contributed by atoms with van der Waals surface area (Å²) in [5.41, 5.74) is 0.722. The highest BCUT2D eigenvalue weighted by Crippen LogP contribution is 2.18. The van der Waals surface area contributed by atoms with Crippen molar-refractivity contribution >= 4 is 11.6 Å². The third kappa shape index (κ3) is 1.61. The molecule has 0 spiro atoms. The fraction of sp³-hybridized carbons (Fsp3) is 0. The van der Waals surface area contributed by atoms with Gasteiger partial charge in [-0.3, -0.25) is 0 Å². The molecule has 1 N–H and O–H groups in total. The molecule has 1 nitrogen and oxygen atoms in total. The molecule has 0 aromatic heterocycles. The lowest BCUT2D eigenvalue weighted by Gasteiger charge is -1.94. The van der Waals surface area contributed by atoms with Gasteiger partial charge in [0, 0.05) is 5.02 Å². The number of phenolic OH excluding ortho intramolecular Hbond substituents is 1. The minimum Gasteiger partial charge on any atom is -0.508 e. The molecule has 0 heterocycles. The van der Waals surface area contributed by atoms with E-state index in [1.807, 2.05) is 0 Å². The van der Waals surface area contributed by atoms with E-state index in [9.17, 15) is 0 Å². The Kier molecular flexibility index (Phi) is 1.63. The van der Waals surface area contributed by atoms with E-state index in [0.717, 1.165) is 5.56 Å². The van der Waals surface area contributed by atoms with E-state index in [4.69, 9.17) is 16.7 Å². The first-order valence-electron chi connectivity index (χ1n) is 2.50. The molecule has 0 amide bonds. The topological polar surface area (TPSA) is 20.2 Å². The summed E-state index contributed by atoms with van der Waals surface area (Å²) in [4.78, 5) is 0. The maximum atomic E-state index is 8.87. The van der Waals surface area contributed by atoms with Crippen molar-refractivity contribution in [2.75, 3.05) is 0 Å². The zero-order valence-electron chi connectivity index (χ0n) is 4.76. The Balaban J connectivity index is 3.17. The molecule has 0 atom stereocenters. The molecule has 0 unspecified atom stereocenters. The largest absolute Gasteiger partial charge is 0.508 e. The molecule has 0 saturated heterocycles. The van der Waals surface area contributed by atoms with Crippen LogP contribution in [0.5, 0.6) is 5.75 Å². The average molecular weight is 142 g/mol. The van der Waals surface area contributed by atoms with Crippen molar-refractivity contribution in [1.82, 2.24) is 0 Å². The van der Waals surface area contributed by atoms with E-state index in [2.05, 4.69) is 6.92 Å². The summed E-state index contributed by atoms with van der Waals surface area (Å²) in [5, 5.41) is 9.38. The lowest BCUT2D eigenvalue weighted by atomic mass is 10.2. The van der Waals surface area contributed by atoms with Crippen LogP contribution < -0.4 is 0 Å². The van der Waals surface area contributed by atoms with Crippen LogP contribution in [0.25, 0.3) is 0 Å². The number of phenols is 1. The van der Waals surface area contributed by atoms with E-state index >= 15 is 0 Å². The van der Waals surface area contributed by atoms with E-state index in [1.54, 1.807) is 12.1 Å². The molecule has 1 rings (SSSR count). The predicted octanol–water partition coefficient (Wildman–Crippen LogP) is 2.23. The van der Waals surface area contributed by atoms with Crippen molar-refractivity contribution in [3.8, 4) is 5.75 Å². The Hall–Kier alpha value is -0.690. The number of hydrogen-bond donors (Lipinski definition) is 1. The molecule has 9 heavy (non-hydrogen) atoms. The summed E-state index contributed by atoms with van der Waals surface area (Å²) in [6, 6.07) is 4.70. The summed E-state index contributed by atoms with van der Waals surface area (Å²) < 4.78 is 0. The highest BCUT2D eigenvalue weighted by Gasteiger charge is 1.91. The number of aromatic hydroxyl groups is 1. The van der Waals surface area contributed by atoms with Gasteiger partial charge >= 0.3 is 0 Å². The fourth-order valence-electron chi connectivity index (χ4n) is 0.633. The molecule has 0 bridgehead atoms. The summed E-state index contributed by atoms with van der Waals surface area (Å²) in [6.07, 6.45) is 0. The predicted molar refractivity (Wildman–Crippen MR) is 37.6 cm³/mol. The average Bonchev–Trinajstić information content (AvgIpc) is 1.59. The summed E-state index contributed by atoms with van der Waals surface area (Å²) in [6.45, 7) is 3.60. The Labute approximate surface area is 58.9 Å². The monoisotopic (exact) mass is 141 g/mol. The van der Waals surface area contributed by atoms with Gasteiger partial charge in [-0.1, -0.05) is 11.6 Å². The highest BCUT2D eigenvalue weighted by atomic mass is 35.5. The maximum Gasteiger partial charge on any atom is 0.117 e. The van der Waals surface area contributed by atoms with Crippen LogP contribution in [0, 0.1) is 6.92 Å². The lowest BCUT2D eigenvalue weighted by molar-refractivity contribution is 0.475. The summed E-state index contributed by atoms with van der Waals surface area (Å²) in [7, 11) is 0. The summed E-state index contributed by atoms with van der Waals surface area (Å²) >= 11 is 5.55. The van der Waals surface area contributed by atoms with Gasteiger partial charge in [-0.25, -0.2) is 0 Å². The van der Waals surface area contributed by atoms with Gasteiger partial charge in [0.1, 0.15) is 5.75 Å². The lowest BCUT2D eigenvalue weighted by Crippen LogP contribution is -1.70. The molecule has 2 heteroatoms. The molecule has 1 aromatic carbocycles. The van der Waals surface area contributed by atoms with E-state index < -0.39 is 0 Å². The van der Waals surface area contributed by atoms with E-state index in [0.29, 0.717) is 5.02 Å². The second-order valence-electron chi connectivity index (χ2n) is 1.82. The number of hydrogen-bond acceptors (Lipinski definition) is 1. The Morgan fingerprint density at radius 1 is 1.33 bits per heavy atom. The van der Waals surface area contributed by atoms with Crippen LogP contribution in [0.15, 0.2) is 18.2 Å². The minimum absolute atomic E-state index is 0.160. The van der Waals surface area contributed by atoms with Crippen molar-refractivity contribution in [3.63, 3.8) is 0 Å². The first-order valence-corrected chi connectivity index (χ1v) is 2.88. The Morgan fingerprint density at radius 3 is 2.44 bits per heavy atom. The van der Waals surface area contributed by atoms with Crippen molar-refractivity contribution in [1.29, 1.82) is 0 Å². The van der Waals surface area contributed by atoms with E-state index in [1.165, 1.54) is 6.07 Å².